The largest absolute Gasteiger partial charge is 0.463 e. The van der Waals surface area contributed by atoms with E-state index in [-0.39, 0.29) is 43.3 Å². The van der Waals surface area contributed by atoms with Gasteiger partial charge in [-0.05, 0) is 63.5 Å². The molecular weight excluding hydrogens is 492 g/mol. The van der Waals surface area contributed by atoms with E-state index in [0.717, 1.165) is 24.0 Å². The Morgan fingerprint density at radius 2 is 1.69 bits per heavy atom. The maximum Gasteiger partial charge on any atom is 0.309 e. The summed E-state index contributed by atoms with van der Waals surface area (Å²) in [5, 5.41) is 15.7. The summed E-state index contributed by atoms with van der Waals surface area (Å²) in [5.41, 5.74) is 1.31. The number of hydrogen-bond donors (Lipinski definition) is 3. The molecule has 1 aliphatic rings. The smallest absolute Gasteiger partial charge is 0.309 e. The molecule has 210 valence electrons. The monoisotopic (exact) mass is 534 g/mol. The average molecular weight is 535 g/mol. The van der Waals surface area contributed by atoms with Crippen LogP contribution in [-0.2, 0) is 32.0 Å². The second-order valence-electron chi connectivity index (χ2n) is 11.0. The molecule has 0 bridgehead atoms. The molecule has 0 radical (unpaired) electrons. The number of allylic oxidation sites excluding steroid dienone is 2. The van der Waals surface area contributed by atoms with Gasteiger partial charge in [0.05, 0.1) is 30.0 Å². The number of rotatable bonds is 8. The summed E-state index contributed by atoms with van der Waals surface area (Å²) in [6.45, 7) is 3.47. The number of carbonyl (C=O) groups excluding carboxylic acids is 3. The number of amides is 2. The summed E-state index contributed by atoms with van der Waals surface area (Å²) >= 11 is 0. The molecule has 3 N–H and O–H groups in total. The van der Waals surface area contributed by atoms with E-state index in [1.807, 2.05) is 86.7 Å². The quantitative estimate of drug-likeness (QED) is 0.349. The molecule has 7 nitrogen and oxygen atoms in total. The summed E-state index contributed by atoms with van der Waals surface area (Å²) in [6.07, 6.45) is 7.81. The van der Waals surface area contributed by atoms with E-state index in [1.165, 1.54) is 0 Å². The third-order valence-electron chi connectivity index (χ3n) is 6.92. The molecule has 2 amide bonds. The second kappa shape index (κ2) is 15.2. The third-order valence-corrected chi connectivity index (χ3v) is 6.92. The van der Waals surface area contributed by atoms with Gasteiger partial charge in [-0.1, -0.05) is 72.8 Å². The Morgan fingerprint density at radius 3 is 2.36 bits per heavy atom. The van der Waals surface area contributed by atoms with Crippen molar-refractivity contribution < 1.29 is 24.2 Å². The van der Waals surface area contributed by atoms with Crippen molar-refractivity contribution in [1.29, 1.82) is 0 Å². The summed E-state index contributed by atoms with van der Waals surface area (Å²) in [4.78, 5) is 39.1. The predicted molar refractivity (Wildman–Crippen MR) is 152 cm³/mol. The van der Waals surface area contributed by atoms with Crippen molar-refractivity contribution in [2.45, 2.75) is 70.4 Å². The fraction of sp³-hybridized carbons (Fsp3) is 0.469. The number of benzene rings is 2. The van der Waals surface area contributed by atoms with Gasteiger partial charge in [-0.15, -0.1) is 0 Å². The molecule has 0 aliphatic carbocycles. The van der Waals surface area contributed by atoms with Gasteiger partial charge in [-0.25, -0.2) is 0 Å². The van der Waals surface area contributed by atoms with Crippen molar-refractivity contribution in [3.8, 4) is 0 Å². The zero-order valence-corrected chi connectivity index (χ0v) is 23.1. The van der Waals surface area contributed by atoms with Crippen LogP contribution in [0, 0.1) is 11.8 Å². The lowest BCUT2D eigenvalue weighted by molar-refractivity contribution is -0.151. The molecule has 0 unspecified atom stereocenters. The Labute approximate surface area is 232 Å². The molecule has 1 aliphatic heterocycles. The maximum atomic E-state index is 13.3. The lowest BCUT2D eigenvalue weighted by atomic mass is 9.93. The molecule has 0 fully saturated rings. The Bertz CT molecular complexity index is 1080. The lowest BCUT2D eigenvalue weighted by Gasteiger charge is -2.29. The highest BCUT2D eigenvalue weighted by Gasteiger charge is 2.30. The topological polar surface area (TPSA) is 105 Å². The highest BCUT2D eigenvalue weighted by Crippen LogP contribution is 2.20. The third kappa shape index (κ3) is 10.7. The molecule has 7 heteroatoms. The fourth-order valence-corrected chi connectivity index (χ4v) is 4.76. The summed E-state index contributed by atoms with van der Waals surface area (Å²) in [5.74, 6) is -1.64. The zero-order valence-electron chi connectivity index (χ0n) is 23.1. The number of cyclic esters (lactones) is 1. The Kier molecular flexibility index (Phi) is 11.7. The van der Waals surface area contributed by atoms with Gasteiger partial charge in [-0.2, -0.15) is 0 Å². The van der Waals surface area contributed by atoms with Gasteiger partial charge in [0.2, 0.25) is 11.8 Å². The minimum absolute atomic E-state index is 0.00349. The number of hydrogen-bond acceptors (Lipinski definition) is 5. The summed E-state index contributed by atoms with van der Waals surface area (Å²) < 4.78 is 5.70. The van der Waals surface area contributed by atoms with E-state index in [9.17, 15) is 19.5 Å². The summed E-state index contributed by atoms with van der Waals surface area (Å²) in [6, 6.07) is 19.1. The number of aliphatic hydroxyl groups is 1. The Hall–Kier alpha value is -3.45. The van der Waals surface area contributed by atoms with Gasteiger partial charge in [0.15, 0.2) is 0 Å². The fourth-order valence-electron chi connectivity index (χ4n) is 4.76. The van der Waals surface area contributed by atoms with Crippen molar-refractivity contribution in [3.63, 3.8) is 0 Å². The van der Waals surface area contributed by atoms with Gasteiger partial charge in [0.1, 0.15) is 6.61 Å². The second-order valence-corrected chi connectivity index (χ2v) is 11.0. The molecule has 0 saturated carbocycles. The van der Waals surface area contributed by atoms with Crippen molar-refractivity contribution >= 4 is 17.8 Å². The van der Waals surface area contributed by atoms with Crippen LogP contribution in [-0.4, -0.2) is 47.7 Å². The normalized spacial score (nSPS) is 21.2. The number of nitrogens with one attached hydrogen (secondary N) is 2. The van der Waals surface area contributed by atoms with E-state index in [4.69, 9.17) is 4.74 Å². The Balaban J connectivity index is 1.64. The van der Waals surface area contributed by atoms with Crippen molar-refractivity contribution in [2.24, 2.45) is 11.8 Å². The van der Waals surface area contributed by atoms with Crippen LogP contribution in [0.4, 0.5) is 0 Å². The zero-order chi connectivity index (χ0) is 28.1. The number of carbonyl (C=O) groups is 3. The SMILES string of the molecule is CC1(C)COC(=O)[C@@H](Cc2ccccc2)CCCC=CC[C@H](CC(=O)N[C@@H](CO)Cc2ccccc2)C(=O)N1. The van der Waals surface area contributed by atoms with Crippen molar-refractivity contribution in [1.82, 2.24) is 10.6 Å². The standard InChI is InChI=1S/C32H42N2O5/c1-32(2)23-39-31(38)27(19-24-13-7-5-8-14-24)18-12-4-3-11-17-26(30(37)34-32)21-29(36)33-28(22-35)20-25-15-9-6-10-16-25/h3,5-11,13-16,26-28,35H,4,12,17-23H2,1-2H3,(H,33,36)(H,34,37)/t26-,27-,28-/m1/s1. The molecule has 3 atom stereocenters. The van der Waals surface area contributed by atoms with Crippen molar-refractivity contribution in [2.75, 3.05) is 13.2 Å². The average Bonchev–Trinajstić information content (AvgIpc) is 2.92. The molecule has 2 aromatic rings. The number of ether oxygens (including phenoxy) is 1. The van der Waals surface area contributed by atoms with E-state index in [2.05, 4.69) is 10.6 Å². The van der Waals surface area contributed by atoms with Gasteiger partial charge < -0.3 is 20.5 Å². The number of aliphatic hydroxyl groups excluding tert-OH is 1. The lowest BCUT2D eigenvalue weighted by Crippen LogP contribution is -2.50. The molecule has 39 heavy (non-hydrogen) atoms. The highest BCUT2D eigenvalue weighted by atomic mass is 16.5. The van der Waals surface area contributed by atoms with Crippen LogP contribution in [0.3, 0.4) is 0 Å². The molecule has 3 rings (SSSR count). The first-order chi connectivity index (χ1) is 18.8. The van der Waals surface area contributed by atoms with Crippen LogP contribution < -0.4 is 10.6 Å². The van der Waals surface area contributed by atoms with Crippen LogP contribution in [0.2, 0.25) is 0 Å². The van der Waals surface area contributed by atoms with Crippen LogP contribution in [0.5, 0.6) is 0 Å². The van der Waals surface area contributed by atoms with E-state index >= 15 is 0 Å². The first-order valence-electron chi connectivity index (χ1n) is 13.9. The first-order valence-corrected chi connectivity index (χ1v) is 13.9. The van der Waals surface area contributed by atoms with Crippen LogP contribution in [0.1, 0.15) is 57.1 Å². The number of esters is 1. The summed E-state index contributed by atoms with van der Waals surface area (Å²) in [7, 11) is 0. The Morgan fingerprint density at radius 1 is 1.03 bits per heavy atom. The van der Waals surface area contributed by atoms with E-state index in [0.29, 0.717) is 25.7 Å². The van der Waals surface area contributed by atoms with E-state index < -0.39 is 17.5 Å². The van der Waals surface area contributed by atoms with Crippen molar-refractivity contribution in [3.05, 3.63) is 83.9 Å². The maximum absolute atomic E-state index is 13.3. The van der Waals surface area contributed by atoms with Gasteiger partial charge in [-0.3, -0.25) is 14.4 Å². The minimum atomic E-state index is -0.798. The first kappa shape index (κ1) is 30.1. The minimum Gasteiger partial charge on any atom is -0.463 e. The van der Waals surface area contributed by atoms with Gasteiger partial charge in [0.25, 0.3) is 0 Å². The molecule has 1 heterocycles. The predicted octanol–water partition coefficient (Wildman–Crippen LogP) is 4.14. The molecule has 0 aromatic heterocycles. The molecule has 0 saturated heterocycles. The van der Waals surface area contributed by atoms with Crippen LogP contribution in [0.15, 0.2) is 72.8 Å². The van der Waals surface area contributed by atoms with Gasteiger partial charge in [0, 0.05) is 6.42 Å². The van der Waals surface area contributed by atoms with E-state index in [1.54, 1.807) is 0 Å². The van der Waals surface area contributed by atoms with Crippen LogP contribution >= 0.6 is 0 Å². The highest BCUT2D eigenvalue weighted by molar-refractivity contribution is 5.86. The molecule has 2 aromatic carbocycles. The molecule has 0 spiro atoms. The van der Waals surface area contributed by atoms with Gasteiger partial charge >= 0.3 is 5.97 Å². The van der Waals surface area contributed by atoms with Crippen LogP contribution in [0.25, 0.3) is 0 Å². The molecular formula is C32H42N2O5.